The maximum absolute atomic E-state index is 13.1. The Labute approximate surface area is 198 Å². The lowest BCUT2D eigenvalue weighted by atomic mass is 10.1. The van der Waals surface area contributed by atoms with Crippen LogP contribution in [0.4, 0.5) is 21.5 Å². The van der Waals surface area contributed by atoms with Gasteiger partial charge in [0.25, 0.3) is 5.91 Å². The standard InChI is InChI=1S/C23H18Cl2FN5O2/c1-11-6-14-19-18(29-23(30-19)31-20-16(24)9-27-10-17(20)25)7-15(21(14)33-11)22(32)28-8-12-2-4-13(26)5-3-12/h2-7,9-10,23,29-30H,8H2,1H3,(H,27,31)(H,28,32). The molecule has 0 aliphatic carbocycles. The molecular weight excluding hydrogens is 468 g/mol. The second-order valence-corrected chi connectivity index (χ2v) is 8.41. The number of amides is 1. The summed E-state index contributed by atoms with van der Waals surface area (Å²) in [7, 11) is 0. The number of benzene rings is 2. The third kappa shape index (κ3) is 4.15. The van der Waals surface area contributed by atoms with E-state index >= 15 is 0 Å². The number of furan rings is 1. The van der Waals surface area contributed by atoms with Crippen molar-refractivity contribution < 1.29 is 13.6 Å². The van der Waals surface area contributed by atoms with Gasteiger partial charge < -0.3 is 25.7 Å². The highest BCUT2D eigenvalue weighted by Gasteiger charge is 2.27. The normalized spacial score (nSPS) is 14.5. The number of pyridine rings is 1. The Morgan fingerprint density at radius 2 is 1.88 bits per heavy atom. The van der Waals surface area contributed by atoms with Crippen molar-refractivity contribution in [1.29, 1.82) is 0 Å². The Hall–Kier alpha value is -3.49. The van der Waals surface area contributed by atoms with E-state index in [1.807, 2.05) is 13.0 Å². The fraction of sp³-hybridized carbons (Fsp3) is 0.130. The zero-order valence-corrected chi connectivity index (χ0v) is 18.8. The van der Waals surface area contributed by atoms with Gasteiger partial charge in [-0.2, -0.15) is 0 Å². The van der Waals surface area contributed by atoms with Crippen molar-refractivity contribution in [2.75, 3.05) is 16.0 Å². The first kappa shape index (κ1) is 21.4. The number of halogens is 3. The number of carbonyl (C=O) groups excluding carboxylic acids is 1. The van der Waals surface area contributed by atoms with Crippen LogP contribution in [0.25, 0.3) is 11.0 Å². The summed E-state index contributed by atoms with van der Waals surface area (Å²) in [5.74, 6) is 0.0388. The monoisotopic (exact) mass is 485 g/mol. The molecule has 5 rings (SSSR count). The molecule has 168 valence electrons. The molecule has 2 aromatic heterocycles. The first-order valence-electron chi connectivity index (χ1n) is 10.1. The summed E-state index contributed by atoms with van der Waals surface area (Å²) in [6.45, 7) is 2.08. The van der Waals surface area contributed by atoms with E-state index in [4.69, 9.17) is 27.6 Å². The number of aromatic nitrogens is 1. The molecule has 1 atom stereocenters. The van der Waals surface area contributed by atoms with Crippen LogP contribution in [0.15, 0.2) is 53.2 Å². The Kier molecular flexibility index (Phi) is 5.47. The number of hydrogen-bond acceptors (Lipinski definition) is 6. The average molecular weight is 486 g/mol. The summed E-state index contributed by atoms with van der Waals surface area (Å²) in [5, 5.41) is 14.2. The van der Waals surface area contributed by atoms with Gasteiger partial charge in [0.1, 0.15) is 17.2 Å². The van der Waals surface area contributed by atoms with Crippen molar-refractivity contribution >= 4 is 57.1 Å². The topological polar surface area (TPSA) is 91.2 Å². The molecule has 4 aromatic rings. The van der Waals surface area contributed by atoms with Crippen molar-refractivity contribution in [1.82, 2.24) is 10.3 Å². The van der Waals surface area contributed by atoms with Crippen molar-refractivity contribution in [3.8, 4) is 0 Å². The van der Waals surface area contributed by atoms with Crippen LogP contribution in [-0.2, 0) is 6.54 Å². The number of carbonyl (C=O) groups is 1. The number of rotatable bonds is 5. The Balaban J connectivity index is 1.42. The summed E-state index contributed by atoms with van der Waals surface area (Å²) in [6.07, 6.45) is 2.56. The highest BCUT2D eigenvalue weighted by molar-refractivity contribution is 6.38. The lowest BCUT2D eigenvalue weighted by Crippen LogP contribution is -2.31. The first-order valence-corrected chi connectivity index (χ1v) is 10.8. The van der Waals surface area contributed by atoms with Crippen LogP contribution in [0.1, 0.15) is 21.7 Å². The Morgan fingerprint density at radius 3 is 2.61 bits per heavy atom. The number of nitrogens with one attached hydrogen (secondary N) is 4. The molecule has 7 nitrogen and oxygen atoms in total. The van der Waals surface area contributed by atoms with Crippen molar-refractivity contribution in [3.63, 3.8) is 0 Å². The highest BCUT2D eigenvalue weighted by Crippen LogP contribution is 2.41. The molecule has 1 unspecified atom stereocenters. The predicted molar refractivity (Wildman–Crippen MR) is 127 cm³/mol. The molecule has 0 saturated heterocycles. The Bertz CT molecular complexity index is 1350. The molecule has 4 N–H and O–H groups in total. The van der Waals surface area contributed by atoms with E-state index < -0.39 is 6.29 Å². The van der Waals surface area contributed by atoms with Gasteiger partial charge in [0, 0.05) is 24.3 Å². The molecule has 33 heavy (non-hydrogen) atoms. The molecule has 0 spiro atoms. The fourth-order valence-corrected chi connectivity index (χ4v) is 4.22. The molecule has 1 amide bonds. The van der Waals surface area contributed by atoms with E-state index in [0.717, 1.165) is 16.6 Å². The SMILES string of the molecule is Cc1cc2c3c(cc(C(=O)NCc4ccc(F)cc4)c2o1)NC(Nc1c(Cl)cncc1Cl)N3. The number of anilines is 3. The van der Waals surface area contributed by atoms with Crippen LogP contribution in [-0.4, -0.2) is 17.2 Å². The van der Waals surface area contributed by atoms with Gasteiger partial charge in [-0.05, 0) is 36.8 Å². The van der Waals surface area contributed by atoms with E-state index in [9.17, 15) is 9.18 Å². The molecule has 10 heteroatoms. The maximum Gasteiger partial charge on any atom is 0.255 e. The molecule has 3 heterocycles. The van der Waals surface area contributed by atoms with Crippen molar-refractivity contribution in [3.05, 3.63) is 81.5 Å². The summed E-state index contributed by atoms with van der Waals surface area (Å²) in [6, 6.07) is 9.56. The van der Waals surface area contributed by atoms with Crippen LogP contribution >= 0.6 is 23.2 Å². The van der Waals surface area contributed by atoms with Gasteiger partial charge in [-0.25, -0.2) is 4.39 Å². The first-order chi connectivity index (χ1) is 15.9. The average Bonchev–Trinajstić information content (AvgIpc) is 3.37. The second-order valence-electron chi connectivity index (χ2n) is 7.60. The largest absolute Gasteiger partial charge is 0.460 e. The van der Waals surface area contributed by atoms with E-state index in [0.29, 0.717) is 38.3 Å². The van der Waals surface area contributed by atoms with Crippen LogP contribution in [0, 0.1) is 12.7 Å². The van der Waals surface area contributed by atoms with Gasteiger partial charge in [-0.3, -0.25) is 9.78 Å². The van der Waals surface area contributed by atoms with Crippen LogP contribution in [0.3, 0.4) is 0 Å². The Morgan fingerprint density at radius 1 is 1.15 bits per heavy atom. The number of aryl methyl sites for hydroxylation is 1. The lowest BCUT2D eigenvalue weighted by Gasteiger charge is -2.17. The maximum atomic E-state index is 13.1. The zero-order valence-electron chi connectivity index (χ0n) is 17.3. The van der Waals surface area contributed by atoms with Gasteiger partial charge in [-0.15, -0.1) is 0 Å². The molecule has 1 aliphatic rings. The van der Waals surface area contributed by atoms with Gasteiger partial charge in [-0.1, -0.05) is 35.3 Å². The summed E-state index contributed by atoms with van der Waals surface area (Å²) in [4.78, 5) is 17.0. The van der Waals surface area contributed by atoms with Crippen LogP contribution in [0.2, 0.25) is 10.0 Å². The fourth-order valence-electron chi connectivity index (χ4n) is 3.75. The van der Waals surface area contributed by atoms with Gasteiger partial charge in [0.05, 0.1) is 32.7 Å². The number of nitrogens with zero attached hydrogens (tertiary/aromatic N) is 1. The molecule has 1 aliphatic heterocycles. The third-order valence-electron chi connectivity index (χ3n) is 5.27. The lowest BCUT2D eigenvalue weighted by molar-refractivity contribution is 0.0951. The molecule has 0 radical (unpaired) electrons. The molecule has 2 aromatic carbocycles. The van der Waals surface area contributed by atoms with Crippen molar-refractivity contribution in [2.45, 2.75) is 19.8 Å². The summed E-state index contributed by atoms with van der Waals surface area (Å²) in [5.41, 5.74) is 3.67. The molecule has 0 bridgehead atoms. The van der Waals surface area contributed by atoms with Gasteiger partial charge >= 0.3 is 0 Å². The molecule has 0 saturated carbocycles. The van der Waals surface area contributed by atoms with Gasteiger partial charge in [0.15, 0.2) is 6.29 Å². The number of hydrogen-bond donors (Lipinski definition) is 4. The van der Waals surface area contributed by atoms with Gasteiger partial charge in [0.2, 0.25) is 0 Å². The molecule has 0 fully saturated rings. The third-order valence-corrected chi connectivity index (χ3v) is 5.84. The predicted octanol–water partition coefficient (Wildman–Crippen LogP) is 5.75. The minimum atomic E-state index is -0.437. The van der Waals surface area contributed by atoms with E-state index in [1.54, 1.807) is 18.2 Å². The molecular formula is C23H18Cl2FN5O2. The smallest absolute Gasteiger partial charge is 0.255 e. The summed E-state index contributed by atoms with van der Waals surface area (Å²) < 4.78 is 19.0. The quantitative estimate of drug-likeness (QED) is 0.288. The zero-order chi connectivity index (χ0) is 23.1. The van der Waals surface area contributed by atoms with E-state index in [1.165, 1.54) is 24.5 Å². The number of fused-ring (bicyclic) bond motifs is 3. The van der Waals surface area contributed by atoms with E-state index in [2.05, 4.69) is 26.3 Å². The van der Waals surface area contributed by atoms with Crippen LogP contribution < -0.4 is 21.3 Å². The van der Waals surface area contributed by atoms with Crippen molar-refractivity contribution in [2.24, 2.45) is 0 Å². The van der Waals surface area contributed by atoms with Crippen LogP contribution in [0.5, 0.6) is 0 Å². The minimum absolute atomic E-state index is 0.256. The minimum Gasteiger partial charge on any atom is -0.460 e. The highest BCUT2D eigenvalue weighted by atomic mass is 35.5. The van der Waals surface area contributed by atoms with E-state index in [-0.39, 0.29) is 18.3 Å². The summed E-state index contributed by atoms with van der Waals surface area (Å²) >= 11 is 12.4. The second kappa shape index (κ2) is 8.46.